The maximum atomic E-state index is 12.4. The van der Waals surface area contributed by atoms with Crippen molar-refractivity contribution >= 4 is 40.0 Å². The average Bonchev–Trinajstić information content (AvgIpc) is 2.16. The van der Waals surface area contributed by atoms with E-state index in [4.69, 9.17) is 11.6 Å². The molecule has 0 fully saturated rings. The lowest BCUT2D eigenvalue weighted by Gasteiger charge is -2.09. The highest BCUT2D eigenvalue weighted by Crippen LogP contribution is 2.33. The Bertz CT molecular complexity index is 404. The summed E-state index contributed by atoms with van der Waals surface area (Å²) in [4.78, 5) is 11.4. The van der Waals surface area contributed by atoms with Gasteiger partial charge in [0.1, 0.15) is 0 Å². The quantitative estimate of drug-likeness (QED) is 0.449. The Morgan fingerprint density at radius 3 is 2.44 bits per heavy atom. The van der Waals surface area contributed by atoms with Crippen LogP contribution in [0.15, 0.2) is 18.2 Å². The zero-order chi connectivity index (χ0) is 12.3. The van der Waals surface area contributed by atoms with Gasteiger partial charge < -0.3 is 0 Å². The Hall–Kier alpha value is -0.300. The first-order valence-corrected chi connectivity index (χ1v) is 5.93. The van der Waals surface area contributed by atoms with Gasteiger partial charge in [0.15, 0.2) is 5.78 Å². The molecule has 88 valence electrons. The summed E-state index contributed by atoms with van der Waals surface area (Å²) in [6.07, 6.45) is -4.26. The van der Waals surface area contributed by atoms with Crippen LogP contribution in [0.3, 0.4) is 0 Å². The number of benzene rings is 1. The second kappa shape index (κ2) is 5.35. The van der Waals surface area contributed by atoms with Crippen LogP contribution in [0.25, 0.3) is 0 Å². The van der Waals surface area contributed by atoms with Gasteiger partial charge in [-0.15, -0.1) is 11.6 Å². The molecule has 1 aromatic rings. The van der Waals surface area contributed by atoms with Crippen molar-refractivity contribution in [2.45, 2.75) is 12.6 Å². The van der Waals surface area contributed by atoms with Gasteiger partial charge in [0.2, 0.25) is 0 Å². The fourth-order valence-corrected chi connectivity index (χ4v) is 2.14. The van der Waals surface area contributed by atoms with Crippen molar-refractivity contribution in [3.05, 3.63) is 32.9 Å². The number of carbonyl (C=O) groups is 1. The molecule has 0 saturated carbocycles. The summed E-state index contributed by atoms with van der Waals surface area (Å²) < 4.78 is 37.3. The third kappa shape index (κ3) is 3.35. The topological polar surface area (TPSA) is 17.1 Å². The van der Waals surface area contributed by atoms with E-state index in [1.54, 1.807) is 22.6 Å². The van der Waals surface area contributed by atoms with E-state index in [1.165, 1.54) is 12.1 Å². The Morgan fingerprint density at radius 1 is 1.38 bits per heavy atom. The number of rotatable bonds is 3. The lowest BCUT2D eigenvalue weighted by atomic mass is 10.1. The molecule has 0 aliphatic rings. The largest absolute Gasteiger partial charge is 0.417 e. The van der Waals surface area contributed by atoms with Gasteiger partial charge >= 0.3 is 6.18 Å². The molecule has 1 nitrogen and oxygen atoms in total. The summed E-state index contributed by atoms with van der Waals surface area (Å²) in [5.41, 5.74) is -0.464. The molecule has 0 N–H and O–H groups in total. The third-order valence-corrected chi connectivity index (χ3v) is 3.00. The fraction of sp³-hybridized carbons (Fsp3) is 0.300. The first-order chi connectivity index (χ1) is 7.36. The summed E-state index contributed by atoms with van der Waals surface area (Å²) in [5, 5.41) is 0. The summed E-state index contributed by atoms with van der Waals surface area (Å²) in [5.74, 6) is -0.0854. The second-order valence-electron chi connectivity index (χ2n) is 3.05. The third-order valence-electron chi connectivity index (χ3n) is 1.92. The molecule has 1 aromatic carbocycles. The van der Waals surface area contributed by atoms with Crippen molar-refractivity contribution in [1.82, 2.24) is 0 Å². The highest BCUT2D eigenvalue weighted by molar-refractivity contribution is 14.1. The lowest BCUT2D eigenvalue weighted by molar-refractivity contribution is -0.138. The summed E-state index contributed by atoms with van der Waals surface area (Å²) in [6, 6.07) is 3.33. The SMILES string of the molecule is O=C(CCCl)c1ccc(C(F)(F)F)c(I)c1. The van der Waals surface area contributed by atoms with Crippen molar-refractivity contribution in [3.63, 3.8) is 0 Å². The summed E-state index contributed by atoms with van der Waals surface area (Å²) >= 11 is 6.96. The average molecular weight is 363 g/mol. The van der Waals surface area contributed by atoms with Crippen LogP contribution in [0.2, 0.25) is 0 Å². The number of Topliss-reactive ketones (excluding diaryl/α,β-unsaturated/α-hetero) is 1. The maximum Gasteiger partial charge on any atom is 0.417 e. The number of ketones is 1. The molecule has 0 heterocycles. The van der Waals surface area contributed by atoms with E-state index in [-0.39, 0.29) is 27.2 Å². The monoisotopic (exact) mass is 362 g/mol. The van der Waals surface area contributed by atoms with Gasteiger partial charge in [-0.25, -0.2) is 0 Å². The van der Waals surface area contributed by atoms with Crippen molar-refractivity contribution in [2.75, 3.05) is 5.88 Å². The summed E-state index contributed by atoms with van der Waals surface area (Å²) in [7, 11) is 0. The van der Waals surface area contributed by atoms with Gasteiger partial charge in [-0.3, -0.25) is 4.79 Å². The van der Waals surface area contributed by atoms with Gasteiger partial charge in [-0.1, -0.05) is 6.07 Å². The number of hydrogen-bond acceptors (Lipinski definition) is 1. The molecule has 0 aliphatic heterocycles. The molecule has 0 bridgehead atoms. The molecule has 0 amide bonds. The van der Waals surface area contributed by atoms with Crippen LogP contribution in [0.4, 0.5) is 13.2 Å². The van der Waals surface area contributed by atoms with E-state index >= 15 is 0 Å². The molecule has 6 heteroatoms. The molecule has 1 rings (SSSR count). The van der Waals surface area contributed by atoms with Crippen LogP contribution in [-0.4, -0.2) is 11.7 Å². The van der Waals surface area contributed by atoms with Crippen LogP contribution in [-0.2, 0) is 6.18 Å². The van der Waals surface area contributed by atoms with Crippen molar-refractivity contribution in [3.8, 4) is 0 Å². The van der Waals surface area contributed by atoms with E-state index in [9.17, 15) is 18.0 Å². The molecule has 0 unspecified atom stereocenters. The first-order valence-electron chi connectivity index (χ1n) is 4.32. The standard InChI is InChI=1S/C10H7ClF3IO/c11-4-3-9(16)6-1-2-7(8(15)5-6)10(12,13)14/h1-2,5H,3-4H2. The van der Waals surface area contributed by atoms with Crippen LogP contribution in [0.1, 0.15) is 22.3 Å². The van der Waals surface area contributed by atoms with E-state index < -0.39 is 11.7 Å². The number of hydrogen-bond donors (Lipinski definition) is 0. The predicted molar refractivity (Wildman–Crippen MR) is 63.8 cm³/mol. The lowest BCUT2D eigenvalue weighted by Crippen LogP contribution is -2.09. The van der Waals surface area contributed by atoms with Gasteiger partial charge in [-0.2, -0.15) is 13.2 Å². The molecular weight excluding hydrogens is 355 g/mol. The van der Waals surface area contributed by atoms with E-state index in [0.717, 1.165) is 6.07 Å². The first kappa shape index (κ1) is 13.8. The van der Waals surface area contributed by atoms with E-state index in [2.05, 4.69) is 0 Å². The van der Waals surface area contributed by atoms with Gasteiger partial charge in [0.25, 0.3) is 0 Å². The van der Waals surface area contributed by atoms with Crippen molar-refractivity contribution < 1.29 is 18.0 Å². The Labute approximate surface area is 109 Å². The smallest absolute Gasteiger partial charge is 0.294 e. The highest BCUT2D eigenvalue weighted by atomic mass is 127. The van der Waals surface area contributed by atoms with Crippen molar-refractivity contribution in [2.24, 2.45) is 0 Å². The van der Waals surface area contributed by atoms with E-state index in [1.807, 2.05) is 0 Å². The number of carbonyl (C=O) groups excluding carboxylic acids is 1. The molecule has 0 aromatic heterocycles. The molecule has 0 aliphatic carbocycles. The minimum atomic E-state index is -4.38. The second-order valence-corrected chi connectivity index (χ2v) is 4.59. The molecule has 0 spiro atoms. The van der Waals surface area contributed by atoms with Gasteiger partial charge in [0, 0.05) is 21.4 Å². The van der Waals surface area contributed by atoms with Gasteiger partial charge in [0.05, 0.1) is 5.56 Å². The van der Waals surface area contributed by atoms with E-state index in [0.29, 0.717) is 0 Å². The van der Waals surface area contributed by atoms with Crippen LogP contribution >= 0.6 is 34.2 Å². The minimum Gasteiger partial charge on any atom is -0.294 e. The zero-order valence-electron chi connectivity index (χ0n) is 7.94. The van der Waals surface area contributed by atoms with Crippen LogP contribution in [0.5, 0.6) is 0 Å². The van der Waals surface area contributed by atoms with Crippen molar-refractivity contribution in [1.29, 1.82) is 0 Å². The van der Waals surface area contributed by atoms with Crippen LogP contribution in [0, 0.1) is 3.57 Å². The molecular formula is C10H7ClF3IO. The van der Waals surface area contributed by atoms with Gasteiger partial charge in [-0.05, 0) is 34.7 Å². The molecule has 0 radical (unpaired) electrons. The minimum absolute atomic E-state index is 0.0190. The molecule has 0 atom stereocenters. The fourth-order valence-electron chi connectivity index (χ4n) is 1.15. The normalized spacial score (nSPS) is 11.6. The Balaban J connectivity index is 3.05. The number of alkyl halides is 4. The van der Waals surface area contributed by atoms with Crippen LogP contribution < -0.4 is 0 Å². The zero-order valence-corrected chi connectivity index (χ0v) is 10.9. The molecule has 16 heavy (non-hydrogen) atoms. The Kier molecular flexibility index (Phi) is 4.61. The maximum absolute atomic E-state index is 12.4. The summed E-state index contributed by atoms with van der Waals surface area (Å²) in [6.45, 7) is 0. The highest BCUT2D eigenvalue weighted by Gasteiger charge is 2.32. The number of halogens is 5. The Morgan fingerprint density at radius 2 is 2.00 bits per heavy atom. The predicted octanol–water partition coefficient (Wildman–Crippen LogP) is 4.12. The molecule has 0 saturated heterocycles.